The van der Waals surface area contributed by atoms with Gasteiger partial charge in [-0.1, -0.05) is 30.3 Å². The summed E-state index contributed by atoms with van der Waals surface area (Å²) in [5.41, 5.74) is 3.39. The lowest BCUT2D eigenvalue weighted by atomic mass is 10.0. The molecule has 0 N–H and O–H groups in total. The van der Waals surface area contributed by atoms with Crippen molar-refractivity contribution in [2.45, 2.75) is 19.4 Å². The normalized spacial score (nSPS) is 16.9. The van der Waals surface area contributed by atoms with Gasteiger partial charge in [-0.05, 0) is 35.7 Å². The third-order valence-corrected chi connectivity index (χ3v) is 3.82. The molecule has 3 rings (SSSR count). The summed E-state index contributed by atoms with van der Waals surface area (Å²) in [6, 6.07) is 16.1. The minimum Gasteiger partial charge on any atom is -0.497 e. The summed E-state index contributed by atoms with van der Waals surface area (Å²) in [6.45, 7) is 1.62. The molecular formula is C17H17NO2. The van der Waals surface area contributed by atoms with E-state index in [4.69, 9.17) is 4.74 Å². The quantitative estimate of drug-likeness (QED) is 0.835. The first kappa shape index (κ1) is 12.7. The molecule has 0 saturated carbocycles. The van der Waals surface area contributed by atoms with Gasteiger partial charge in [0.05, 0.1) is 13.2 Å². The molecule has 20 heavy (non-hydrogen) atoms. The number of fused-ring (bicyclic) bond motifs is 1. The smallest absolute Gasteiger partial charge is 0.224 e. The molecule has 102 valence electrons. The summed E-state index contributed by atoms with van der Waals surface area (Å²) in [4.78, 5) is 13.9. The van der Waals surface area contributed by atoms with Crippen molar-refractivity contribution in [1.29, 1.82) is 0 Å². The fraction of sp³-hybridized carbons (Fsp3) is 0.235. The van der Waals surface area contributed by atoms with Crippen molar-refractivity contribution in [3.63, 3.8) is 0 Å². The van der Waals surface area contributed by atoms with Gasteiger partial charge in [0, 0.05) is 12.6 Å². The number of hydrogen-bond donors (Lipinski definition) is 0. The van der Waals surface area contributed by atoms with Gasteiger partial charge in [0.25, 0.3) is 0 Å². The van der Waals surface area contributed by atoms with Crippen LogP contribution in [0.2, 0.25) is 0 Å². The molecule has 1 aliphatic rings. The van der Waals surface area contributed by atoms with E-state index in [9.17, 15) is 4.79 Å². The topological polar surface area (TPSA) is 29.5 Å². The van der Waals surface area contributed by atoms with Crippen molar-refractivity contribution in [1.82, 2.24) is 0 Å². The van der Waals surface area contributed by atoms with Crippen molar-refractivity contribution in [2.24, 2.45) is 0 Å². The molecular weight excluding hydrogens is 250 g/mol. The van der Waals surface area contributed by atoms with Crippen molar-refractivity contribution in [3.8, 4) is 5.75 Å². The molecule has 3 nitrogen and oxygen atoms in total. The van der Waals surface area contributed by atoms with Crippen LogP contribution in [0.4, 0.5) is 5.69 Å². The standard InChI is InChI=1S/C17H17NO2/c1-12(19)18-16-6-4-3-5-14(16)11-17(18)13-7-9-15(20-2)10-8-13/h3-10,17H,11H2,1-2H3. The molecule has 0 radical (unpaired) electrons. The Bertz CT molecular complexity index is 634. The number of carbonyl (C=O) groups is 1. The molecule has 0 bridgehead atoms. The Morgan fingerprint density at radius 3 is 2.50 bits per heavy atom. The third kappa shape index (κ3) is 2.05. The Labute approximate surface area is 118 Å². The van der Waals surface area contributed by atoms with Crippen LogP contribution in [0.5, 0.6) is 5.75 Å². The molecule has 1 amide bonds. The fourth-order valence-corrected chi connectivity index (χ4v) is 2.87. The van der Waals surface area contributed by atoms with E-state index in [-0.39, 0.29) is 11.9 Å². The van der Waals surface area contributed by atoms with E-state index in [0.717, 1.165) is 23.4 Å². The van der Waals surface area contributed by atoms with Crippen LogP contribution < -0.4 is 9.64 Å². The van der Waals surface area contributed by atoms with Gasteiger partial charge in [-0.3, -0.25) is 4.79 Å². The summed E-state index contributed by atoms with van der Waals surface area (Å²) in [7, 11) is 1.66. The molecule has 0 aliphatic carbocycles. The zero-order valence-electron chi connectivity index (χ0n) is 11.7. The first-order valence-electron chi connectivity index (χ1n) is 6.72. The average Bonchev–Trinajstić information content (AvgIpc) is 2.86. The Hall–Kier alpha value is -2.29. The molecule has 1 aliphatic heterocycles. The Kier molecular flexibility index (Phi) is 3.18. The van der Waals surface area contributed by atoms with Gasteiger partial charge in [-0.2, -0.15) is 0 Å². The van der Waals surface area contributed by atoms with Crippen LogP contribution in [0.1, 0.15) is 24.1 Å². The van der Waals surface area contributed by atoms with E-state index < -0.39 is 0 Å². The number of nitrogens with zero attached hydrogens (tertiary/aromatic N) is 1. The second-order valence-electron chi connectivity index (χ2n) is 5.01. The summed E-state index contributed by atoms with van der Waals surface area (Å²) in [6.07, 6.45) is 0.863. The van der Waals surface area contributed by atoms with Gasteiger partial charge < -0.3 is 9.64 Å². The van der Waals surface area contributed by atoms with Gasteiger partial charge in [-0.15, -0.1) is 0 Å². The first-order valence-corrected chi connectivity index (χ1v) is 6.72. The highest BCUT2D eigenvalue weighted by atomic mass is 16.5. The van der Waals surface area contributed by atoms with Crippen molar-refractivity contribution < 1.29 is 9.53 Å². The van der Waals surface area contributed by atoms with E-state index in [1.807, 2.05) is 47.4 Å². The molecule has 1 heterocycles. The van der Waals surface area contributed by atoms with Gasteiger partial charge >= 0.3 is 0 Å². The Morgan fingerprint density at radius 2 is 1.85 bits per heavy atom. The van der Waals surface area contributed by atoms with E-state index >= 15 is 0 Å². The molecule has 0 spiro atoms. The minimum absolute atomic E-state index is 0.0794. The summed E-state index contributed by atoms with van der Waals surface area (Å²) >= 11 is 0. The highest BCUT2D eigenvalue weighted by Crippen LogP contribution is 2.40. The number of methoxy groups -OCH3 is 1. The van der Waals surface area contributed by atoms with Crippen LogP contribution >= 0.6 is 0 Å². The van der Waals surface area contributed by atoms with E-state index in [1.54, 1.807) is 14.0 Å². The maximum atomic E-state index is 12.0. The van der Waals surface area contributed by atoms with Crippen LogP contribution in [0, 0.1) is 0 Å². The third-order valence-electron chi connectivity index (χ3n) is 3.82. The van der Waals surface area contributed by atoms with Crippen LogP contribution in [0.25, 0.3) is 0 Å². The molecule has 2 aromatic rings. The zero-order valence-corrected chi connectivity index (χ0v) is 11.7. The summed E-state index contributed by atoms with van der Waals surface area (Å²) in [5, 5.41) is 0. The minimum atomic E-state index is 0.0794. The number of rotatable bonds is 2. The maximum Gasteiger partial charge on any atom is 0.224 e. The second-order valence-corrected chi connectivity index (χ2v) is 5.01. The maximum absolute atomic E-state index is 12.0. The molecule has 1 unspecified atom stereocenters. The largest absolute Gasteiger partial charge is 0.497 e. The fourth-order valence-electron chi connectivity index (χ4n) is 2.87. The van der Waals surface area contributed by atoms with E-state index in [2.05, 4.69) is 6.07 Å². The highest BCUT2D eigenvalue weighted by Gasteiger charge is 2.32. The summed E-state index contributed by atoms with van der Waals surface area (Å²) < 4.78 is 5.19. The summed E-state index contributed by atoms with van der Waals surface area (Å²) in [5.74, 6) is 0.911. The number of anilines is 1. The predicted octanol–water partition coefficient (Wildman–Crippen LogP) is 3.35. The van der Waals surface area contributed by atoms with Gasteiger partial charge in [-0.25, -0.2) is 0 Å². The monoisotopic (exact) mass is 267 g/mol. The van der Waals surface area contributed by atoms with Crippen molar-refractivity contribution in [2.75, 3.05) is 12.0 Å². The van der Waals surface area contributed by atoms with Gasteiger partial charge in [0.15, 0.2) is 0 Å². The molecule has 1 atom stereocenters. The van der Waals surface area contributed by atoms with Crippen LogP contribution in [-0.4, -0.2) is 13.0 Å². The SMILES string of the molecule is COc1ccc(C2Cc3ccccc3N2C(C)=O)cc1. The van der Waals surface area contributed by atoms with Crippen LogP contribution in [0.3, 0.4) is 0 Å². The van der Waals surface area contributed by atoms with Gasteiger partial charge in [0.1, 0.15) is 5.75 Å². The second kappa shape index (κ2) is 5.00. The van der Waals surface area contributed by atoms with Gasteiger partial charge in [0.2, 0.25) is 5.91 Å². The predicted molar refractivity (Wildman–Crippen MR) is 79.0 cm³/mol. The van der Waals surface area contributed by atoms with Crippen LogP contribution in [0.15, 0.2) is 48.5 Å². The lowest BCUT2D eigenvalue weighted by molar-refractivity contribution is -0.116. The number of benzene rings is 2. The molecule has 0 saturated heterocycles. The van der Waals surface area contributed by atoms with Crippen LogP contribution in [-0.2, 0) is 11.2 Å². The lowest BCUT2D eigenvalue weighted by Crippen LogP contribution is -2.29. The molecule has 0 fully saturated rings. The molecule has 2 aromatic carbocycles. The Balaban J connectivity index is 1.99. The molecule has 3 heteroatoms. The Morgan fingerprint density at radius 1 is 1.15 bits per heavy atom. The van der Waals surface area contributed by atoms with Crippen molar-refractivity contribution in [3.05, 3.63) is 59.7 Å². The van der Waals surface area contributed by atoms with Crippen molar-refractivity contribution >= 4 is 11.6 Å². The number of amides is 1. The zero-order chi connectivity index (χ0) is 14.1. The first-order chi connectivity index (χ1) is 9.70. The average molecular weight is 267 g/mol. The number of carbonyl (C=O) groups excluding carboxylic acids is 1. The van der Waals surface area contributed by atoms with E-state index in [1.165, 1.54) is 5.56 Å². The number of para-hydroxylation sites is 1. The number of ether oxygens (including phenoxy) is 1. The number of hydrogen-bond acceptors (Lipinski definition) is 2. The lowest BCUT2D eigenvalue weighted by Gasteiger charge is -2.24. The highest BCUT2D eigenvalue weighted by molar-refractivity contribution is 5.94. The van der Waals surface area contributed by atoms with E-state index in [0.29, 0.717) is 0 Å². The molecule has 0 aromatic heterocycles.